The molecule has 5 heteroatoms. The summed E-state index contributed by atoms with van der Waals surface area (Å²) in [6.07, 6.45) is 0. The molecular weight excluding hydrogens is 304 g/mol. The Morgan fingerprint density at radius 1 is 1.04 bits per heavy atom. The van der Waals surface area contributed by atoms with Crippen molar-refractivity contribution in [3.8, 4) is 0 Å². The molecule has 3 rings (SSSR count). The second-order valence-corrected chi connectivity index (χ2v) is 5.61. The van der Waals surface area contributed by atoms with Crippen LogP contribution in [0, 0.1) is 10.1 Å². The van der Waals surface area contributed by atoms with E-state index in [1.165, 1.54) is 18.2 Å². The average molecular weight is 320 g/mol. The van der Waals surface area contributed by atoms with Crippen LogP contribution in [0.25, 0.3) is 10.8 Å². The molecule has 0 bridgehead atoms. The zero-order valence-corrected chi connectivity index (χ0v) is 13.2. The summed E-state index contributed by atoms with van der Waals surface area (Å²) < 4.78 is 0. The molecule has 0 heterocycles. The van der Waals surface area contributed by atoms with Gasteiger partial charge in [0.05, 0.1) is 4.92 Å². The molecule has 120 valence electrons. The van der Waals surface area contributed by atoms with Gasteiger partial charge in [-0.05, 0) is 22.4 Å². The Hall–Kier alpha value is -3.21. The highest BCUT2D eigenvalue weighted by molar-refractivity contribution is 5.95. The molecule has 0 saturated carbocycles. The van der Waals surface area contributed by atoms with E-state index < -0.39 is 4.92 Å². The third-order valence-corrected chi connectivity index (χ3v) is 3.94. The van der Waals surface area contributed by atoms with Crippen LogP contribution < -0.4 is 0 Å². The van der Waals surface area contributed by atoms with E-state index in [-0.39, 0.29) is 11.6 Å². The fourth-order valence-electron chi connectivity index (χ4n) is 2.73. The first-order chi connectivity index (χ1) is 11.6. The van der Waals surface area contributed by atoms with Gasteiger partial charge < -0.3 is 4.90 Å². The summed E-state index contributed by atoms with van der Waals surface area (Å²) >= 11 is 0. The number of nitro benzene ring substituents is 1. The third-order valence-electron chi connectivity index (χ3n) is 3.94. The average Bonchev–Trinajstić information content (AvgIpc) is 2.61. The molecule has 0 aliphatic rings. The van der Waals surface area contributed by atoms with Crippen molar-refractivity contribution in [1.82, 2.24) is 4.90 Å². The van der Waals surface area contributed by atoms with Gasteiger partial charge in [0.15, 0.2) is 0 Å². The van der Waals surface area contributed by atoms with Crippen LogP contribution in [0.3, 0.4) is 0 Å². The van der Waals surface area contributed by atoms with Gasteiger partial charge in [0, 0.05) is 31.3 Å². The molecule has 0 N–H and O–H groups in total. The molecule has 0 saturated heterocycles. The van der Waals surface area contributed by atoms with Gasteiger partial charge in [0.2, 0.25) is 0 Å². The lowest BCUT2D eigenvalue weighted by molar-refractivity contribution is -0.384. The molecule has 3 aromatic carbocycles. The minimum Gasteiger partial charge on any atom is -0.337 e. The van der Waals surface area contributed by atoms with Crippen molar-refractivity contribution >= 4 is 22.4 Å². The van der Waals surface area contributed by atoms with Crippen molar-refractivity contribution in [1.29, 1.82) is 0 Å². The molecule has 0 radical (unpaired) electrons. The van der Waals surface area contributed by atoms with Crippen LogP contribution in [0.1, 0.15) is 15.9 Å². The number of nitrogens with zero attached hydrogens (tertiary/aromatic N) is 2. The molecule has 3 aromatic rings. The molecule has 1 amide bonds. The van der Waals surface area contributed by atoms with Gasteiger partial charge in [-0.25, -0.2) is 0 Å². The molecular formula is C19H16N2O3. The number of rotatable bonds is 4. The van der Waals surface area contributed by atoms with Crippen molar-refractivity contribution in [3.05, 3.63) is 88.0 Å². The van der Waals surface area contributed by atoms with E-state index in [1.807, 2.05) is 42.5 Å². The normalized spacial score (nSPS) is 10.5. The zero-order valence-electron chi connectivity index (χ0n) is 13.2. The Morgan fingerprint density at radius 3 is 2.54 bits per heavy atom. The van der Waals surface area contributed by atoms with Gasteiger partial charge in [-0.15, -0.1) is 0 Å². The smallest absolute Gasteiger partial charge is 0.270 e. The third kappa shape index (κ3) is 3.10. The van der Waals surface area contributed by atoms with Crippen molar-refractivity contribution < 1.29 is 9.72 Å². The Bertz CT molecular complexity index is 916. The van der Waals surface area contributed by atoms with E-state index in [0.717, 1.165) is 16.3 Å². The second kappa shape index (κ2) is 6.50. The maximum atomic E-state index is 12.6. The van der Waals surface area contributed by atoms with E-state index in [4.69, 9.17) is 0 Å². The van der Waals surface area contributed by atoms with E-state index in [1.54, 1.807) is 18.0 Å². The summed E-state index contributed by atoms with van der Waals surface area (Å²) in [6, 6.07) is 19.8. The minimum absolute atomic E-state index is 0.0839. The topological polar surface area (TPSA) is 63.5 Å². The molecule has 0 atom stereocenters. The van der Waals surface area contributed by atoms with E-state index in [9.17, 15) is 14.9 Å². The van der Waals surface area contributed by atoms with Crippen LogP contribution in [0.5, 0.6) is 0 Å². The van der Waals surface area contributed by atoms with Gasteiger partial charge in [0.1, 0.15) is 0 Å². The summed E-state index contributed by atoms with van der Waals surface area (Å²) in [5.74, 6) is -0.244. The minimum atomic E-state index is -0.499. The molecule has 5 nitrogen and oxygen atoms in total. The number of hydrogen-bond donors (Lipinski definition) is 0. The number of hydrogen-bond acceptors (Lipinski definition) is 3. The lowest BCUT2D eigenvalue weighted by Gasteiger charge is -2.18. The fourth-order valence-corrected chi connectivity index (χ4v) is 2.73. The molecule has 0 aliphatic carbocycles. The van der Waals surface area contributed by atoms with Crippen LogP contribution in [0.2, 0.25) is 0 Å². The number of carbonyl (C=O) groups is 1. The molecule has 0 fully saturated rings. The maximum Gasteiger partial charge on any atom is 0.270 e. The van der Waals surface area contributed by atoms with Crippen LogP contribution in [0.4, 0.5) is 5.69 Å². The maximum absolute atomic E-state index is 12.6. The second-order valence-electron chi connectivity index (χ2n) is 5.61. The summed E-state index contributed by atoms with van der Waals surface area (Å²) in [7, 11) is 1.70. The fraction of sp³-hybridized carbons (Fsp3) is 0.105. The summed E-state index contributed by atoms with van der Waals surface area (Å²) in [5, 5.41) is 13.1. The standard InChI is InChI=1S/C19H16N2O3/c1-20(19(22)15-8-5-10-17(12-15)21(23)24)13-16-9-4-7-14-6-2-3-11-18(14)16/h2-12H,13H2,1H3. The molecule has 0 aromatic heterocycles. The predicted octanol–water partition coefficient (Wildman–Crippen LogP) is 4.02. The number of benzene rings is 3. The highest BCUT2D eigenvalue weighted by atomic mass is 16.6. The van der Waals surface area contributed by atoms with Crippen molar-refractivity contribution in [3.63, 3.8) is 0 Å². The van der Waals surface area contributed by atoms with Gasteiger partial charge in [-0.1, -0.05) is 48.5 Å². The molecule has 0 aliphatic heterocycles. The van der Waals surface area contributed by atoms with Crippen LogP contribution in [-0.2, 0) is 6.54 Å². The summed E-state index contributed by atoms with van der Waals surface area (Å²) in [5.41, 5.74) is 1.26. The number of carbonyl (C=O) groups excluding carboxylic acids is 1. The number of non-ortho nitro benzene ring substituents is 1. The van der Waals surface area contributed by atoms with Crippen molar-refractivity contribution in [2.75, 3.05) is 7.05 Å². The number of fused-ring (bicyclic) bond motifs is 1. The summed E-state index contributed by atoms with van der Waals surface area (Å²) in [6.45, 7) is 0.433. The van der Waals surface area contributed by atoms with Crippen molar-refractivity contribution in [2.45, 2.75) is 6.54 Å². The summed E-state index contributed by atoms with van der Waals surface area (Å²) in [4.78, 5) is 24.5. The van der Waals surface area contributed by atoms with Gasteiger partial charge in [0.25, 0.3) is 11.6 Å². The van der Waals surface area contributed by atoms with E-state index in [2.05, 4.69) is 0 Å². The van der Waals surface area contributed by atoms with Gasteiger partial charge >= 0.3 is 0 Å². The molecule has 24 heavy (non-hydrogen) atoms. The quantitative estimate of drug-likeness (QED) is 0.539. The first-order valence-corrected chi connectivity index (χ1v) is 7.53. The largest absolute Gasteiger partial charge is 0.337 e. The van der Waals surface area contributed by atoms with Crippen LogP contribution in [0.15, 0.2) is 66.7 Å². The SMILES string of the molecule is CN(Cc1cccc2ccccc12)C(=O)c1cccc([N+](=O)[O-])c1. The van der Waals surface area contributed by atoms with Gasteiger partial charge in [-0.2, -0.15) is 0 Å². The lowest BCUT2D eigenvalue weighted by Crippen LogP contribution is -2.26. The number of nitro groups is 1. The lowest BCUT2D eigenvalue weighted by atomic mass is 10.0. The monoisotopic (exact) mass is 320 g/mol. The van der Waals surface area contributed by atoms with E-state index in [0.29, 0.717) is 12.1 Å². The predicted molar refractivity (Wildman–Crippen MR) is 92.8 cm³/mol. The van der Waals surface area contributed by atoms with Gasteiger partial charge in [-0.3, -0.25) is 14.9 Å². The first-order valence-electron chi connectivity index (χ1n) is 7.53. The Balaban J connectivity index is 1.86. The Labute approximate surface area is 139 Å². The molecule has 0 unspecified atom stereocenters. The highest BCUT2D eigenvalue weighted by Gasteiger charge is 2.16. The number of amides is 1. The zero-order chi connectivity index (χ0) is 17.1. The van der Waals surface area contributed by atoms with Crippen LogP contribution >= 0.6 is 0 Å². The van der Waals surface area contributed by atoms with Crippen LogP contribution in [-0.4, -0.2) is 22.8 Å². The highest BCUT2D eigenvalue weighted by Crippen LogP contribution is 2.21. The molecule has 0 spiro atoms. The van der Waals surface area contributed by atoms with E-state index >= 15 is 0 Å². The Kier molecular flexibility index (Phi) is 4.24. The first kappa shape index (κ1) is 15.7. The Morgan fingerprint density at radius 2 is 1.75 bits per heavy atom. The van der Waals surface area contributed by atoms with Crippen molar-refractivity contribution in [2.24, 2.45) is 0 Å².